The Bertz CT molecular complexity index is 1000. The summed E-state index contributed by atoms with van der Waals surface area (Å²) in [6.45, 7) is 1.61. The zero-order chi connectivity index (χ0) is 18.1. The number of rotatable bonds is 3. The highest BCUT2D eigenvalue weighted by molar-refractivity contribution is 5.54. The van der Waals surface area contributed by atoms with Gasteiger partial charge in [0.2, 0.25) is 0 Å². The highest BCUT2D eigenvalue weighted by Gasteiger charge is 2.22. The number of aromatic nitrogens is 3. The van der Waals surface area contributed by atoms with E-state index < -0.39 is 0 Å². The van der Waals surface area contributed by atoms with Crippen molar-refractivity contribution < 1.29 is 10.2 Å². The topological polar surface area (TPSA) is 102 Å². The molecular formula is C19H18N4O3. The minimum Gasteiger partial charge on any atom is -0.504 e. The van der Waals surface area contributed by atoms with Crippen molar-refractivity contribution in [2.45, 2.75) is 19.5 Å². The first-order valence-corrected chi connectivity index (χ1v) is 8.36. The SMILES string of the molecule is O=c1[nH]c(-c2ccncc2)nc2c1CN(Cc1cccc(O)c1O)CC2. The highest BCUT2D eigenvalue weighted by Crippen LogP contribution is 2.30. The van der Waals surface area contributed by atoms with Crippen molar-refractivity contribution in [2.24, 2.45) is 0 Å². The summed E-state index contributed by atoms with van der Waals surface area (Å²) in [5.74, 6) is 0.301. The average Bonchev–Trinajstić information content (AvgIpc) is 2.66. The van der Waals surface area contributed by atoms with Crippen molar-refractivity contribution in [3.63, 3.8) is 0 Å². The monoisotopic (exact) mass is 350 g/mol. The number of benzene rings is 1. The highest BCUT2D eigenvalue weighted by atomic mass is 16.3. The number of nitrogens with one attached hydrogen (secondary N) is 1. The molecule has 3 heterocycles. The van der Waals surface area contributed by atoms with E-state index in [1.807, 2.05) is 12.1 Å². The maximum Gasteiger partial charge on any atom is 0.255 e. The Labute approximate surface area is 149 Å². The predicted octanol–water partition coefficient (Wildman–Crippen LogP) is 1.80. The Morgan fingerprint density at radius 3 is 2.77 bits per heavy atom. The lowest BCUT2D eigenvalue weighted by Crippen LogP contribution is -2.35. The molecule has 3 aromatic rings. The van der Waals surface area contributed by atoms with Crippen molar-refractivity contribution in [2.75, 3.05) is 6.54 Å². The van der Waals surface area contributed by atoms with Gasteiger partial charge in [0.25, 0.3) is 5.56 Å². The van der Waals surface area contributed by atoms with E-state index >= 15 is 0 Å². The van der Waals surface area contributed by atoms with Crippen LogP contribution in [0.1, 0.15) is 16.8 Å². The van der Waals surface area contributed by atoms with Crippen LogP contribution in [0.4, 0.5) is 0 Å². The molecule has 7 nitrogen and oxygen atoms in total. The quantitative estimate of drug-likeness (QED) is 0.623. The van der Waals surface area contributed by atoms with Crippen LogP contribution in [-0.4, -0.2) is 36.6 Å². The summed E-state index contributed by atoms with van der Waals surface area (Å²) in [7, 11) is 0. The van der Waals surface area contributed by atoms with Crippen LogP contribution >= 0.6 is 0 Å². The lowest BCUT2D eigenvalue weighted by atomic mass is 10.0. The number of pyridine rings is 1. The molecule has 7 heteroatoms. The summed E-state index contributed by atoms with van der Waals surface area (Å²) in [4.78, 5) is 26.0. The molecule has 4 rings (SSSR count). The van der Waals surface area contributed by atoms with Gasteiger partial charge in [0.15, 0.2) is 11.5 Å². The molecule has 0 fully saturated rings. The fourth-order valence-corrected chi connectivity index (χ4v) is 3.21. The fraction of sp³-hybridized carbons (Fsp3) is 0.211. The zero-order valence-corrected chi connectivity index (χ0v) is 14.0. The van der Waals surface area contributed by atoms with Crippen LogP contribution in [0, 0.1) is 0 Å². The number of hydrogen-bond donors (Lipinski definition) is 3. The van der Waals surface area contributed by atoms with Crippen molar-refractivity contribution in [3.8, 4) is 22.9 Å². The standard InChI is InChI=1S/C19H18N4O3/c24-16-3-1-2-13(17(16)25)10-23-9-6-15-14(11-23)19(26)22-18(21-15)12-4-7-20-8-5-12/h1-5,7-8,24-25H,6,9-11H2,(H,21,22,26). The number of para-hydroxylation sites is 1. The molecule has 2 aromatic heterocycles. The molecule has 1 aliphatic heterocycles. The summed E-state index contributed by atoms with van der Waals surface area (Å²) < 4.78 is 0. The van der Waals surface area contributed by atoms with E-state index in [0.717, 1.165) is 11.3 Å². The number of phenolic OH excluding ortho intramolecular Hbond substituents is 2. The lowest BCUT2D eigenvalue weighted by molar-refractivity contribution is 0.238. The normalized spacial score (nSPS) is 14.2. The lowest BCUT2D eigenvalue weighted by Gasteiger charge is -2.28. The fourth-order valence-electron chi connectivity index (χ4n) is 3.21. The molecule has 0 saturated carbocycles. The predicted molar refractivity (Wildman–Crippen MR) is 95.7 cm³/mol. The Morgan fingerprint density at radius 1 is 1.15 bits per heavy atom. The van der Waals surface area contributed by atoms with Gasteiger partial charge in [-0.05, 0) is 18.2 Å². The first kappa shape index (κ1) is 16.3. The Morgan fingerprint density at radius 2 is 1.96 bits per heavy atom. The first-order valence-electron chi connectivity index (χ1n) is 8.36. The third-order valence-corrected chi connectivity index (χ3v) is 4.59. The molecule has 1 aromatic carbocycles. The summed E-state index contributed by atoms with van der Waals surface area (Å²) >= 11 is 0. The molecule has 26 heavy (non-hydrogen) atoms. The van der Waals surface area contributed by atoms with E-state index in [4.69, 9.17) is 0 Å². The van der Waals surface area contributed by atoms with Gasteiger partial charge in [0.1, 0.15) is 5.82 Å². The van der Waals surface area contributed by atoms with Crippen LogP contribution in [0.25, 0.3) is 11.4 Å². The number of hydrogen-bond acceptors (Lipinski definition) is 6. The van der Waals surface area contributed by atoms with E-state index in [0.29, 0.717) is 43.0 Å². The van der Waals surface area contributed by atoms with Gasteiger partial charge < -0.3 is 15.2 Å². The number of phenols is 2. The van der Waals surface area contributed by atoms with E-state index in [1.165, 1.54) is 6.07 Å². The molecule has 0 saturated heterocycles. The number of aromatic amines is 1. The molecule has 0 amide bonds. The van der Waals surface area contributed by atoms with Crippen molar-refractivity contribution in [3.05, 3.63) is 69.9 Å². The Balaban J connectivity index is 1.60. The first-order chi connectivity index (χ1) is 12.6. The molecule has 1 aliphatic rings. The maximum absolute atomic E-state index is 12.5. The number of aromatic hydroxyl groups is 2. The molecule has 0 aliphatic carbocycles. The zero-order valence-electron chi connectivity index (χ0n) is 14.0. The van der Waals surface area contributed by atoms with E-state index in [-0.39, 0.29) is 17.1 Å². The van der Waals surface area contributed by atoms with Gasteiger partial charge in [0.05, 0.1) is 11.3 Å². The molecule has 0 unspecified atom stereocenters. The van der Waals surface area contributed by atoms with Crippen LogP contribution in [0.5, 0.6) is 11.5 Å². The van der Waals surface area contributed by atoms with Gasteiger partial charge in [-0.2, -0.15) is 0 Å². The van der Waals surface area contributed by atoms with Gasteiger partial charge in [-0.1, -0.05) is 12.1 Å². The summed E-state index contributed by atoms with van der Waals surface area (Å²) in [6, 6.07) is 8.52. The number of fused-ring (bicyclic) bond motifs is 1. The van der Waals surface area contributed by atoms with Gasteiger partial charge in [0, 0.05) is 49.6 Å². The third kappa shape index (κ3) is 3.04. The largest absolute Gasteiger partial charge is 0.504 e. The van der Waals surface area contributed by atoms with Gasteiger partial charge in [-0.3, -0.25) is 14.7 Å². The van der Waals surface area contributed by atoms with Crippen LogP contribution in [0.2, 0.25) is 0 Å². The minimum absolute atomic E-state index is 0.113. The van der Waals surface area contributed by atoms with Crippen LogP contribution < -0.4 is 5.56 Å². The minimum atomic E-state index is -0.147. The van der Waals surface area contributed by atoms with Crippen LogP contribution in [0.15, 0.2) is 47.5 Å². The summed E-state index contributed by atoms with van der Waals surface area (Å²) in [6.07, 6.45) is 3.98. The molecule has 0 bridgehead atoms. The molecule has 0 atom stereocenters. The smallest absolute Gasteiger partial charge is 0.255 e. The van der Waals surface area contributed by atoms with E-state index in [9.17, 15) is 15.0 Å². The number of nitrogens with zero attached hydrogens (tertiary/aromatic N) is 3. The molecule has 0 radical (unpaired) electrons. The maximum atomic E-state index is 12.5. The van der Waals surface area contributed by atoms with Crippen molar-refractivity contribution in [1.82, 2.24) is 19.9 Å². The van der Waals surface area contributed by atoms with Crippen LogP contribution in [0.3, 0.4) is 0 Å². The van der Waals surface area contributed by atoms with Gasteiger partial charge in [-0.25, -0.2) is 4.98 Å². The Kier molecular flexibility index (Phi) is 4.14. The van der Waals surface area contributed by atoms with E-state index in [2.05, 4.69) is 19.9 Å². The molecule has 3 N–H and O–H groups in total. The second-order valence-corrected chi connectivity index (χ2v) is 6.32. The van der Waals surface area contributed by atoms with Crippen LogP contribution in [-0.2, 0) is 19.5 Å². The summed E-state index contributed by atoms with van der Waals surface area (Å²) in [5, 5.41) is 19.6. The average molecular weight is 350 g/mol. The molecular weight excluding hydrogens is 332 g/mol. The number of H-pyrrole nitrogens is 1. The molecule has 132 valence electrons. The molecule has 0 spiro atoms. The van der Waals surface area contributed by atoms with E-state index in [1.54, 1.807) is 24.5 Å². The Hall–Kier alpha value is -3.19. The van der Waals surface area contributed by atoms with Gasteiger partial charge in [-0.15, -0.1) is 0 Å². The summed E-state index contributed by atoms with van der Waals surface area (Å²) in [5.41, 5.74) is 2.76. The van der Waals surface area contributed by atoms with Gasteiger partial charge >= 0.3 is 0 Å². The second kappa shape index (κ2) is 6.61. The van der Waals surface area contributed by atoms with Crippen molar-refractivity contribution >= 4 is 0 Å². The second-order valence-electron chi connectivity index (χ2n) is 6.32. The third-order valence-electron chi connectivity index (χ3n) is 4.59. The van der Waals surface area contributed by atoms with Crippen molar-refractivity contribution in [1.29, 1.82) is 0 Å².